The zero-order valence-electron chi connectivity index (χ0n) is 15.2. The number of thiophene rings is 1. The number of furan rings is 1. The van der Waals surface area contributed by atoms with Crippen molar-refractivity contribution in [1.82, 2.24) is 9.80 Å². The molecule has 1 aliphatic heterocycles. The van der Waals surface area contributed by atoms with Gasteiger partial charge in [-0.3, -0.25) is 9.69 Å². The van der Waals surface area contributed by atoms with Crippen molar-refractivity contribution in [2.24, 2.45) is 5.41 Å². The number of carbonyl (C=O) groups is 1. The molecule has 1 saturated carbocycles. The molecule has 140 valence electrons. The third-order valence-electron chi connectivity index (χ3n) is 5.96. The minimum absolute atomic E-state index is 0.0458. The number of rotatable bonds is 6. The van der Waals surface area contributed by atoms with Crippen LogP contribution in [0.1, 0.15) is 43.3 Å². The lowest BCUT2D eigenvalue weighted by Gasteiger charge is -2.34. The summed E-state index contributed by atoms with van der Waals surface area (Å²) in [6.07, 6.45) is 3.41. The Kier molecular flexibility index (Phi) is 4.90. The summed E-state index contributed by atoms with van der Waals surface area (Å²) in [5, 5.41) is 13.3. The normalized spacial score (nSPS) is 21.8. The summed E-state index contributed by atoms with van der Waals surface area (Å²) >= 11 is 1.69. The van der Waals surface area contributed by atoms with Gasteiger partial charge in [0.25, 0.3) is 0 Å². The Balaban J connectivity index is 1.33. The Hall–Kier alpha value is -1.63. The fraction of sp³-hybridized carbons (Fsp3) is 0.550. The molecule has 6 heteroatoms. The number of likely N-dealkylation sites (tertiary alicyclic amines) is 1. The molecule has 2 aliphatic rings. The molecule has 0 unspecified atom stereocenters. The predicted octanol–water partition coefficient (Wildman–Crippen LogP) is 3.24. The molecule has 0 radical (unpaired) electrons. The summed E-state index contributed by atoms with van der Waals surface area (Å²) in [7, 11) is 0. The second-order valence-electron chi connectivity index (χ2n) is 7.66. The minimum Gasteiger partial charge on any atom is -0.462 e. The Morgan fingerprint density at radius 3 is 2.73 bits per heavy atom. The molecule has 1 atom stereocenters. The summed E-state index contributed by atoms with van der Waals surface area (Å²) in [6, 6.07) is 6.30. The predicted molar refractivity (Wildman–Crippen MR) is 101 cm³/mol. The fourth-order valence-electron chi connectivity index (χ4n) is 4.29. The molecule has 0 bridgehead atoms. The lowest BCUT2D eigenvalue weighted by molar-refractivity contribution is -0.130. The van der Waals surface area contributed by atoms with Crippen LogP contribution in [0.5, 0.6) is 0 Å². The van der Waals surface area contributed by atoms with E-state index in [9.17, 15) is 4.79 Å². The largest absolute Gasteiger partial charge is 0.462 e. The topological polar surface area (TPSA) is 56.9 Å². The van der Waals surface area contributed by atoms with Gasteiger partial charge < -0.3 is 14.4 Å². The van der Waals surface area contributed by atoms with E-state index in [4.69, 9.17) is 9.52 Å². The molecule has 3 heterocycles. The van der Waals surface area contributed by atoms with Crippen LogP contribution in [-0.2, 0) is 24.5 Å². The lowest BCUT2D eigenvalue weighted by atomic mass is 9.92. The van der Waals surface area contributed by atoms with Crippen LogP contribution in [0.2, 0.25) is 0 Å². The number of amides is 1. The summed E-state index contributed by atoms with van der Waals surface area (Å²) in [6.45, 7) is 5.27. The van der Waals surface area contributed by atoms with Gasteiger partial charge in [0.05, 0.1) is 6.54 Å². The number of piperidine rings is 1. The first-order chi connectivity index (χ1) is 12.6. The van der Waals surface area contributed by atoms with E-state index in [0.29, 0.717) is 17.2 Å². The average molecular weight is 375 g/mol. The Labute approximate surface area is 158 Å². The van der Waals surface area contributed by atoms with Crippen LogP contribution in [0.4, 0.5) is 0 Å². The van der Waals surface area contributed by atoms with Crippen molar-refractivity contribution >= 4 is 17.2 Å². The van der Waals surface area contributed by atoms with Crippen molar-refractivity contribution in [2.45, 2.75) is 51.9 Å². The SMILES string of the molecule is CC(=O)N(Cc1ccsc1)[C@@H]1CC12CCN(Cc1ccc(CO)o1)CC2. The van der Waals surface area contributed by atoms with E-state index < -0.39 is 0 Å². The van der Waals surface area contributed by atoms with Gasteiger partial charge in [0.15, 0.2) is 0 Å². The van der Waals surface area contributed by atoms with Crippen molar-refractivity contribution in [3.8, 4) is 0 Å². The Morgan fingerprint density at radius 1 is 1.35 bits per heavy atom. The molecule has 5 nitrogen and oxygen atoms in total. The highest BCUT2D eigenvalue weighted by molar-refractivity contribution is 7.07. The van der Waals surface area contributed by atoms with Crippen molar-refractivity contribution < 1.29 is 14.3 Å². The number of aliphatic hydroxyl groups excluding tert-OH is 1. The minimum atomic E-state index is -0.0458. The van der Waals surface area contributed by atoms with Gasteiger partial charge in [0.2, 0.25) is 5.91 Å². The summed E-state index contributed by atoms with van der Waals surface area (Å²) in [4.78, 5) is 16.7. The monoisotopic (exact) mass is 374 g/mol. The van der Waals surface area contributed by atoms with E-state index in [-0.39, 0.29) is 12.5 Å². The quantitative estimate of drug-likeness (QED) is 0.843. The molecule has 2 aromatic rings. The van der Waals surface area contributed by atoms with E-state index in [1.807, 2.05) is 12.1 Å². The molecule has 26 heavy (non-hydrogen) atoms. The molecule has 4 rings (SSSR count). The van der Waals surface area contributed by atoms with Gasteiger partial charge in [-0.2, -0.15) is 11.3 Å². The van der Waals surface area contributed by atoms with Crippen molar-refractivity contribution in [1.29, 1.82) is 0 Å². The number of carbonyl (C=O) groups excluding carboxylic acids is 1. The maximum Gasteiger partial charge on any atom is 0.220 e. The number of hydrogen-bond donors (Lipinski definition) is 1. The summed E-state index contributed by atoms with van der Waals surface area (Å²) in [5.74, 6) is 1.73. The fourth-order valence-corrected chi connectivity index (χ4v) is 4.95. The molecular weight excluding hydrogens is 348 g/mol. The van der Waals surface area contributed by atoms with Gasteiger partial charge in [-0.25, -0.2) is 0 Å². The van der Waals surface area contributed by atoms with E-state index in [1.54, 1.807) is 18.3 Å². The number of nitrogens with zero attached hydrogens (tertiary/aromatic N) is 2. The Morgan fingerprint density at radius 2 is 2.12 bits per heavy atom. The average Bonchev–Trinajstić information content (AvgIpc) is 3.01. The number of aliphatic hydroxyl groups is 1. The smallest absolute Gasteiger partial charge is 0.220 e. The van der Waals surface area contributed by atoms with Crippen LogP contribution >= 0.6 is 11.3 Å². The molecule has 2 fully saturated rings. The van der Waals surface area contributed by atoms with Gasteiger partial charge in [-0.05, 0) is 72.3 Å². The van der Waals surface area contributed by atoms with Crippen LogP contribution in [0, 0.1) is 5.41 Å². The van der Waals surface area contributed by atoms with Crippen LogP contribution < -0.4 is 0 Å². The molecule has 1 N–H and O–H groups in total. The highest BCUT2D eigenvalue weighted by atomic mass is 32.1. The first-order valence-electron chi connectivity index (χ1n) is 9.29. The van der Waals surface area contributed by atoms with Gasteiger partial charge in [-0.1, -0.05) is 0 Å². The van der Waals surface area contributed by atoms with Gasteiger partial charge >= 0.3 is 0 Å². The van der Waals surface area contributed by atoms with Gasteiger partial charge in [-0.15, -0.1) is 0 Å². The first kappa shape index (κ1) is 17.8. The van der Waals surface area contributed by atoms with E-state index in [1.165, 1.54) is 5.56 Å². The van der Waals surface area contributed by atoms with Crippen molar-refractivity contribution in [3.05, 3.63) is 46.0 Å². The second kappa shape index (κ2) is 7.18. The van der Waals surface area contributed by atoms with Crippen LogP contribution in [0.25, 0.3) is 0 Å². The van der Waals surface area contributed by atoms with Crippen molar-refractivity contribution in [3.63, 3.8) is 0 Å². The van der Waals surface area contributed by atoms with E-state index in [0.717, 1.165) is 51.2 Å². The molecule has 1 saturated heterocycles. The van der Waals surface area contributed by atoms with Crippen LogP contribution in [0.15, 0.2) is 33.4 Å². The van der Waals surface area contributed by atoms with Gasteiger partial charge in [0, 0.05) is 19.5 Å². The zero-order valence-corrected chi connectivity index (χ0v) is 16.0. The molecular formula is C20H26N2O3S. The van der Waals surface area contributed by atoms with Crippen LogP contribution in [0.3, 0.4) is 0 Å². The van der Waals surface area contributed by atoms with E-state index in [2.05, 4.69) is 26.6 Å². The molecule has 2 aromatic heterocycles. The molecule has 1 aliphatic carbocycles. The molecule has 1 amide bonds. The molecule has 0 aromatic carbocycles. The van der Waals surface area contributed by atoms with E-state index >= 15 is 0 Å². The second-order valence-corrected chi connectivity index (χ2v) is 8.44. The van der Waals surface area contributed by atoms with Crippen LogP contribution in [-0.4, -0.2) is 39.9 Å². The zero-order chi connectivity index (χ0) is 18.1. The third-order valence-corrected chi connectivity index (χ3v) is 6.70. The summed E-state index contributed by atoms with van der Waals surface area (Å²) < 4.78 is 5.61. The van der Waals surface area contributed by atoms with Gasteiger partial charge in [0.1, 0.15) is 18.1 Å². The van der Waals surface area contributed by atoms with Crippen molar-refractivity contribution in [2.75, 3.05) is 13.1 Å². The third kappa shape index (κ3) is 3.59. The lowest BCUT2D eigenvalue weighted by Crippen LogP contribution is -2.39. The first-order valence-corrected chi connectivity index (χ1v) is 10.2. The highest BCUT2D eigenvalue weighted by Crippen LogP contribution is 2.57. The summed E-state index contributed by atoms with van der Waals surface area (Å²) in [5.41, 5.74) is 1.56. The maximum atomic E-state index is 12.2. The standard InChI is InChI=1S/C20H26N2O3S/c1-15(24)22(11-16-4-9-26-14-16)19-10-20(19)5-7-21(8-6-20)12-17-2-3-18(13-23)25-17/h2-4,9,14,19,23H,5-8,10-13H2,1H3/t19-/m1/s1. The number of hydrogen-bond acceptors (Lipinski definition) is 5. The highest BCUT2D eigenvalue weighted by Gasteiger charge is 2.58. The maximum absolute atomic E-state index is 12.2. The molecule has 1 spiro atoms. The Bertz CT molecular complexity index is 747.